The van der Waals surface area contributed by atoms with Gasteiger partial charge in [-0.15, -0.1) is 0 Å². The Balaban J connectivity index is 1.97. The van der Waals surface area contributed by atoms with Crippen LogP contribution < -0.4 is 4.72 Å². The summed E-state index contributed by atoms with van der Waals surface area (Å²) in [5.41, 5.74) is 0.529. The fraction of sp³-hybridized carbons (Fsp3) is 0.294. The van der Waals surface area contributed by atoms with Gasteiger partial charge in [0.2, 0.25) is 10.0 Å². The predicted molar refractivity (Wildman–Crippen MR) is 90.1 cm³/mol. The molecule has 0 radical (unpaired) electrons. The Kier molecular flexibility index (Phi) is 4.15. The third-order valence-electron chi connectivity index (χ3n) is 4.55. The van der Waals surface area contributed by atoms with Crippen LogP contribution in [0.15, 0.2) is 53.4 Å². The maximum absolute atomic E-state index is 12.8. The molecule has 0 atom stereocenters. The van der Waals surface area contributed by atoms with Crippen molar-refractivity contribution >= 4 is 15.7 Å². The minimum absolute atomic E-state index is 0.0815. The van der Waals surface area contributed by atoms with Crippen molar-refractivity contribution in [3.63, 3.8) is 0 Å². The molecule has 0 heterocycles. The summed E-state index contributed by atoms with van der Waals surface area (Å²) in [4.78, 5) is 10.4. The van der Waals surface area contributed by atoms with Crippen molar-refractivity contribution in [1.82, 2.24) is 4.72 Å². The second-order valence-corrected chi connectivity index (χ2v) is 7.79. The first-order chi connectivity index (χ1) is 11.3. The van der Waals surface area contributed by atoms with Gasteiger partial charge in [-0.1, -0.05) is 36.4 Å². The van der Waals surface area contributed by atoms with Gasteiger partial charge < -0.3 is 0 Å². The zero-order valence-corrected chi connectivity index (χ0v) is 14.0. The predicted octanol–water partition coefficient (Wildman–Crippen LogP) is 3.26. The minimum Gasteiger partial charge on any atom is -0.258 e. The first-order valence-corrected chi connectivity index (χ1v) is 9.17. The lowest BCUT2D eigenvalue weighted by Gasteiger charge is -2.42. The maximum Gasteiger partial charge on any atom is 0.273 e. The lowest BCUT2D eigenvalue weighted by atomic mass is 9.73. The molecule has 24 heavy (non-hydrogen) atoms. The van der Waals surface area contributed by atoms with Crippen LogP contribution in [0.5, 0.6) is 0 Å². The summed E-state index contributed by atoms with van der Waals surface area (Å²) in [5.74, 6) is 0. The Hall–Kier alpha value is -2.25. The van der Waals surface area contributed by atoms with Crippen LogP contribution in [0.25, 0.3) is 0 Å². The molecule has 0 aromatic heterocycles. The Labute approximate surface area is 140 Å². The number of nitro benzene ring substituents is 1. The van der Waals surface area contributed by atoms with Crippen LogP contribution in [0.2, 0.25) is 0 Å². The number of benzene rings is 2. The van der Waals surface area contributed by atoms with E-state index in [0.717, 1.165) is 18.1 Å². The highest BCUT2D eigenvalue weighted by molar-refractivity contribution is 7.89. The Morgan fingerprint density at radius 2 is 1.79 bits per heavy atom. The van der Waals surface area contributed by atoms with Gasteiger partial charge in [0, 0.05) is 11.6 Å². The van der Waals surface area contributed by atoms with Gasteiger partial charge in [0.1, 0.15) is 0 Å². The second kappa shape index (κ2) is 5.99. The highest BCUT2D eigenvalue weighted by atomic mass is 32.2. The van der Waals surface area contributed by atoms with E-state index in [4.69, 9.17) is 0 Å². The molecule has 1 fully saturated rings. The van der Waals surface area contributed by atoms with Crippen LogP contribution in [-0.4, -0.2) is 13.3 Å². The molecule has 1 aliphatic carbocycles. The number of aryl methyl sites for hydroxylation is 1. The SMILES string of the molecule is Cc1ccc(S(=O)(=O)NC2(c3ccccc3)CCC2)cc1[N+](=O)[O-]. The number of hydrogen-bond donors (Lipinski definition) is 1. The molecule has 7 heteroatoms. The zero-order chi connectivity index (χ0) is 17.4. The van der Waals surface area contributed by atoms with E-state index in [9.17, 15) is 18.5 Å². The minimum atomic E-state index is -3.85. The molecule has 3 rings (SSSR count). The molecule has 2 aromatic rings. The molecule has 1 saturated carbocycles. The number of sulfonamides is 1. The van der Waals surface area contributed by atoms with Crippen LogP contribution in [0, 0.1) is 17.0 Å². The average molecular weight is 346 g/mol. The normalized spacial score (nSPS) is 16.4. The molecule has 0 bridgehead atoms. The highest BCUT2D eigenvalue weighted by Gasteiger charge is 2.42. The van der Waals surface area contributed by atoms with Crippen molar-refractivity contribution in [2.24, 2.45) is 0 Å². The molecule has 0 unspecified atom stereocenters. The lowest BCUT2D eigenvalue weighted by Crippen LogP contribution is -2.50. The van der Waals surface area contributed by atoms with Crippen molar-refractivity contribution in [3.05, 3.63) is 69.8 Å². The fourth-order valence-corrected chi connectivity index (χ4v) is 4.47. The van der Waals surface area contributed by atoms with E-state index in [-0.39, 0.29) is 10.6 Å². The van der Waals surface area contributed by atoms with Gasteiger partial charge in [0.15, 0.2) is 0 Å². The van der Waals surface area contributed by atoms with Gasteiger partial charge >= 0.3 is 0 Å². The Morgan fingerprint density at radius 1 is 1.12 bits per heavy atom. The van der Waals surface area contributed by atoms with Crippen molar-refractivity contribution < 1.29 is 13.3 Å². The number of nitrogens with one attached hydrogen (secondary N) is 1. The largest absolute Gasteiger partial charge is 0.273 e. The standard InChI is InChI=1S/C17H18N2O4S/c1-13-8-9-15(12-16(13)19(20)21)24(22,23)18-17(10-5-11-17)14-6-3-2-4-7-14/h2-4,6-9,12,18H,5,10-11H2,1H3. The van der Waals surface area contributed by atoms with E-state index < -0.39 is 20.5 Å². The zero-order valence-electron chi connectivity index (χ0n) is 13.2. The fourth-order valence-electron chi connectivity index (χ4n) is 3.01. The molecule has 1 aliphatic rings. The number of hydrogen-bond acceptors (Lipinski definition) is 4. The van der Waals surface area contributed by atoms with E-state index in [1.165, 1.54) is 12.1 Å². The van der Waals surface area contributed by atoms with Gasteiger partial charge in [0.05, 0.1) is 15.4 Å². The number of nitro groups is 1. The number of rotatable bonds is 5. The molecule has 2 aromatic carbocycles. The van der Waals surface area contributed by atoms with Crippen LogP contribution >= 0.6 is 0 Å². The Morgan fingerprint density at radius 3 is 2.33 bits per heavy atom. The van der Waals surface area contributed by atoms with E-state index >= 15 is 0 Å². The van der Waals surface area contributed by atoms with Crippen LogP contribution in [0.3, 0.4) is 0 Å². The van der Waals surface area contributed by atoms with E-state index in [1.54, 1.807) is 6.92 Å². The highest BCUT2D eigenvalue weighted by Crippen LogP contribution is 2.42. The molecular formula is C17H18N2O4S. The molecule has 1 N–H and O–H groups in total. The average Bonchev–Trinajstić information content (AvgIpc) is 2.52. The van der Waals surface area contributed by atoms with E-state index in [0.29, 0.717) is 18.4 Å². The number of nitrogens with zero attached hydrogens (tertiary/aromatic N) is 1. The van der Waals surface area contributed by atoms with Crippen molar-refractivity contribution in [3.8, 4) is 0 Å². The lowest BCUT2D eigenvalue weighted by molar-refractivity contribution is -0.385. The maximum atomic E-state index is 12.8. The van der Waals surface area contributed by atoms with Crippen LogP contribution in [0.4, 0.5) is 5.69 Å². The molecule has 6 nitrogen and oxygen atoms in total. The first kappa shape index (κ1) is 16.6. The molecule has 126 valence electrons. The quantitative estimate of drug-likeness (QED) is 0.665. The van der Waals surface area contributed by atoms with Gasteiger partial charge in [-0.05, 0) is 37.8 Å². The van der Waals surface area contributed by atoms with E-state index in [2.05, 4.69) is 4.72 Å². The summed E-state index contributed by atoms with van der Waals surface area (Å²) >= 11 is 0. The van der Waals surface area contributed by atoms with Gasteiger partial charge in [-0.25, -0.2) is 13.1 Å². The van der Waals surface area contributed by atoms with Crippen molar-refractivity contribution in [2.45, 2.75) is 36.6 Å². The van der Waals surface area contributed by atoms with Crippen LogP contribution in [0.1, 0.15) is 30.4 Å². The molecule has 0 amide bonds. The van der Waals surface area contributed by atoms with Gasteiger partial charge in [-0.2, -0.15) is 0 Å². The van der Waals surface area contributed by atoms with Crippen molar-refractivity contribution in [2.75, 3.05) is 0 Å². The van der Waals surface area contributed by atoms with Gasteiger partial charge in [0.25, 0.3) is 5.69 Å². The summed E-state index contributed by atoms with van der Waals surface area (Å²) in [6, 6.07) is 13.4. The summed E-state index contributed by atoms with van der Waals surface area (Å²) in [6.07, 6.45) is 2.36. The topological polar surface area (TPSA) is 89.3 Å². The third kappa shape index (κ3) is 2.92. The first-order valence-electron chi connectivity index (χ1n) is 7.69. The second-order valence-electron chi connectivity index (χ2n) is 6.11. The van der Waals surface area contributed by atoms with E-state index in [1.807, 2.05) is 30.3 Å². The summed E-state index contributed by atoms with van der Waals surface area (Å²) in [5, 5.41) is 11.1. The van der Waals surface area contributed by atoms with Gasteiger partial charge in [-0.3, -0.25) is 10.1 Å². The van der Waals surface area contributed by atoms with Crippen molar-refractivity contribution in [1.29, 1.82) is 0 Å². The summed E-state index contributed by atoms with van der Waals surface area (Å²) < 4.78 is 28.3. The molecular weight excluding hydrogens is 328 g/mol. The molecule has 0 spiro atoms. The van der Waals surface area contributed by atoms with Crippen LogP contribution in [-0.2, 0) is 15.6 Å². The molecule has 0 saturated heterocycles. The molecule has 0 aliphatic heterocycles. The third-order valence-corrected chi connectivity index (χ3v) is 6.08. The monoisotopic (exact) mass is 346 g/mol. The Bertz CT molecular complexity index is 875. The smallest absolute Gasteiger partial charge is 0.258 e. The summed E-state index contributed by atoms with van der Waals surface area (Å²) in [7, 11) is -3.85. The summed E-state index contributed by atoms with van der Waals surface area (Å²) in [6.45, 7) is 1.58.